The van der Waals surface area contributed by atoms with Crippen molar-refractivity contribution in [3.05, 3.63) is 55.8 Å². The summed E-state index contributed by atoms with van der Waals surface area (Å²) >= 11 is 0. The second kappa shape index (κ2) is 5.77. The molecule has 0 bridgehead atoms. The van der Waals surface area contributed by atoms with E-state index in [0.29, 0.717) is 5.41 Å². The molecule has 0 aromatic heterocycles. The third kappa shape index (κ3) is 2.82. The summed E-state index contributed by atoms with van der Waals surface area (Å²) in [7, 11) is 0. The molecule has 1 heteroatoms. The molecule has 2 aromatic rings. The van der Waals surface area contributed by atoms with Crippen molar-refractivity contribution in [1.29, 1.82) is 0 Å². The fourth-order valence-corrected chi connectivity index (χ4v) is 2.92. The molecule has 98 valence electrons. The molecule has 0 fully saturated rings. The fourth-order valence-electron chi connectivity index (χ4n) is 2.92. The summed E-state index contributed by atoms with van der Waals surface area (Å²) in [5.41, 5.74) is 5.02. The minimum absolute atomic E-state index is 0. The van der Waals surface area contributed by atoms with Crippen LogP contribution < -0.4 is 0 Å². The Morgan fingerprint density at radius 1 is 1.06 bits per heavy atom. The van der Waals surface area contributed by atoms with Gasteiger partial charge in [-0.15, -0.1) is 28.5 Å². The summed E-state index contributed by atoms with van der Waals surface area (Å²) in [5, 5.41) is 2.87. The summed E-state index contributed by atoms with van der Waals surface area (Å²) < 4.78 is 0. The Hall–Kier alpha value is -0.300. The monoisotopic (exact) mass is 407 g/mol. The summed E-state index contributed by atoms with van der Waals surface area (Å²) in [5.74, 6) is 0. The van der Waals surface area contributed by atoms with E-state index in [1.165, 1.54) is 29.2 Å². The van der Waals surface area contributed by atoms with Crippen LogP contribution in [0.4, 0.5) is 0 Å². The first-order valence-corrected chi connectivity index (χ1v) is 5.73. The zero-order valence-corrected chi connectivity index (χ0v) is 15.8. The molecule has 0 atom stereocenters. The standard InChI is InChI=1S/C15H17.2CH3.Hf/c1-10-4-5-11-6-12-8-15(2,3)9-13(12)7-14(10)11;;;/h4-7H,8-9H2,1-3H3;2*1H3;/q3*-1;. The Bertz CT molecular complexity index is 532. The van der Waals surface area contributed by atoms with Crippen molar-refractivity contribution in [2.75, 3.05) is 0 Å². The molecule has 0 saturated carbocycles. The maximum absolute atomic E-state index is 2.41. The van der Waals surface area contributed by atoms with Crippen LogP contribution in [0.1, 0.15) is 30.5 Å². The van der Waals surface area contributed by atoms with Crippen LogP contribution in [-0.4, -0.2) is 0 Å². The molecule has 0 nitrogen and oxygen atoms in total. The topological polar surface area (TPSA) is 0 Å². The smallest absolute Gasteiger partial charge is 0 e. The molecular formula is C17H23Hf-3. The second-order valence-electron chi connectivity index (χ2n) is 5.74. The largest absolute Gasteiger partial charge is 0.358 e. The van der Waals surface area contributed by atoms with E-state index in [1.54, 1.807) is 11.1 Å². The first-order chi connectivity index (χ1) is 7.05. The summed E-state index contributed by atoms with van der Waals surface area (Å²) in [6.45, 7) is 6.93. The predicted octanol–water partition coefficient (Wildman–Crippen LogP) is 4.89. The van der Waals surface area contributed by atoms with Crippen LogP contribution in [0.2, 0.25) is 0 Å². The van der Waals surface area contributed by atoms with Gasteiger partial charge in [-0.3, -0.25) is 0 Å². The van der Waals surface area contributed by atoms with Gasteiger partial charge in [0.25, 0.3) is 0 Å². The van der Waals surface area contributed by atoms with Gasteiger partial charge in [0.2, 0.25) is 0 Å². The van der Waals surface area contributed by atoms with E-state index >= 15 is 0 Å². The van der Waals surface area contributed by atoms with Crippen molar-refractivity contribution < 1.29 is 25.8 Å². The van der Waals surface area contributed by atoms with Crippen molar-refractivity contribution in [3.63, 3.8) is 0 Å². The van der Waals surface area contributed by atoms with Crippen molar-refractivity contribution in [2.24, 2.45) is 5.41 Å². The van der Waals surface area contributed by atoms with Crippen molar-refractivity contribution in [3.8, 4) is 0 Å². The Kier molecular flexibility index (Phi) is 5.68. The van der Waals surface area contributed by atoms with E-state index in [1.807, 2.05) is 0 Å². The van der Waals surface area contributed by atoms with Gasteiger partial charge >= 0.3 is 0 Å². The molecule has 1 aliphatic rings. The first kappa shape index (κ1) is 17.7. The van der Waals surface area contributed by atoms with Crippen LogP contribution in [-0.2, 0) is 38.7 Å². The SMILES string of the molecule is C[c-]1ccc2cc3c(cc21)CC(C)(C)C3.[CH3-].[CH3-].[Hf]. The Balaban J connectivity index is 0.000000963. The number of fused-ring (bicyclic) bond motifs is 2. The molecule has 1 aliphatic carbocycles. The average molecular weight is 406 g/mol. The summed E-state index contributed by atoms with van der Waals surface area (Å²) in [4.78, 5) is 0. The van der Waals surface area contributed by atoms with Crippen LogP contribution in [0.15, 0.2) is 24.3 Å². The normalized spacial score (nSPS) is 15.3. The molecule has 0 spiro atoms. The summed E-state index contributed by atoms with van der Waals surface area (Å²) in [6, 6.07) is 9.28. The Labute approximate surface area is 131 Å². The quantitative estimate of drug-likeness (QED) is 0.432. The molecule has 18 heavy (non-hydrogen) atoms. The zero-order valence-electron chi connectivity index (χ0n) is 12.2. The van der Waals surface area contributed by atoms with Gasteiger partial charge in [0.15, 0.2) is 0 Å². The number of hydrogen-bond donors (Lipinski definition) is 0. The van der Waals surface area contributed by atoms with Gasteiger partial charge in [-0.1, -0.05) is 31.9 Å². The van der Waals surface area contributed by atoms with Gasteiger partial charge in [0, 0.05) is 25.8 Å². The number of rotatable bonds is 0. The number of benzene rings is 1. The average Bonchev–Trinajstić information content (AvgIpc) is 2.62. The van der Waals surface area contributed by atoms with Crippen LogP contribution >= 0.6 is 0 Å². The molecule has 0 radical (unpaired) electrons. The van der Waals surface area contributed by atoms with Crippen molar-refractivity contribution in [1.82, 2.24) is 0 Å². The van der Waals surface area contributed by atoms with Crippen molar-refractivity contribution in [2.45, 2.75) is 33.6 Å². The van der Waals surface area contributed by atoms with Crippen molar-refractivity contribution >= 4 is 10.8 Å². The Morgan fingerprint density at radius 2 is 1.61 bits per heavy atom. The molecule has 0 unspecified atom stereocenters. The van der Waals surface area contributed by atoms with E-state index in [4.69, 9.17) is 0 Å². The fraction of sp³-hybridized carbons (Fsp3) is 0.353. The van der Waals surface area contributed by atoms with Gasteiger partial charge in [0.05, 0.1) is 0 Å². The minimum Gasteiger partial charge on any atom is -0.358 e. The van der Waals surface area contributed by atoms with Gasteiger partial charge in [-0.2, -0.15) is 12.1 Å². The molecular weight excluding hydrogens is 383 g/mol. The summed E-state index contributed by atoms with van der Waals surface area (Å²) in [6.07, 6.45) is 2.48. The maximum Gasteiger partial charge on any atom is 0 e. The third-order valence-electron chi connectivity index (χ3n) is 3.65. The second-order valence-corrected chi connectivity index (χ2v) is 5.74. The number of aryl methyl sites for hydroxylation is 1. The van der Waals surface area contributed by atoms with Crippen LogP contribution in [0.3, 0.4) is 0 Å². The van der Waals surface area contributed by atoms with E-state index in [0.717, 1.165) is 0 Å². The molecule has 0 N–H and O–H groups in total. The van der Waals surface area contributed by atoms with Gasteiger partial charge < -0.3 is 14.9 Å². The third-order valence-corrected chi connectivity index (χ3v) is 3.65. The molecule has 0 aliphatic heterocycles. The minimum atomic E-state index is 0. The maximum atomic E-state index is 2.41. The van der Waals surface area contributed by atoms with E-state index in [9.17, 15) is 0 Å². The molecule has 0 amide bonds. The zero-order chi connectivity index (χ0) is 10.6. The van der Waals surface area contributed by atoms with E-state index in [-0.39, 0.29) is 40.7 Å². The van der Waals surface area contributed by atoms with Gasteiger partial charge in [0.1, 0.15) is 0 Å². The van der Waals surface area contributed by atoms with Gasteiger partial charge in [-0.05, 0) is 18.3 Å². The van der Waals surface area contributed by atoms with Gasteiger partial charge in [-0.25, -0.2) is 0 Å². The Morgan fingerprint density at radius 3 is 2.22 bits per heavy atom. The molecule has 0 heterocycles. The molecule has 0 saturated heterocycles. The number of hydrogen-bond acceptors (Lipinski definition) is 0. The van der Waals surface area contributed by atoms with Crippen LogP contribution in [0.25, 0.3) is 10.8 Å². The predicted molar refractivity (Wildman–Crippen MR) is 78.3 cm³/mol. The first-order valence-electron chi connectivity index (χ1n) is 5.73. The van der Waals surface area contributed by atoms with E-state index in [2.05, 4.69) is 45.0 Å². The van der Waals surface area contributed by atoms with E-state index < -0.39 is 0 Å². The van der Waals surface area contributed by atoms with Crippen LogP contribution in [0.5, 0.6) is 0 Å². The molecule has 3 rings (SSSR count). The molecule has 2 aromatic carbocycles. The van der Waals surface area contributed by atoms with Crippen LogP contribution in [0, 0.1) is 27.2 Å².